The van der Waals surface area contributed by atoms with Gasteiger partial charge in [-0.25, -0.2) is 9.37 Å². The second-order valence-electron chi connectivity index (χ2n) is 5.86. The molecule has 0 saturated carbocycles. The zero-order chi connectivity index (χ0) is 16.4. The summed E-state index contributed by atoms with van der Waals surface area (Å²) in [5.41, 5.74) is 6.93. The van der Waals surface area contributed by atoms with E-state index >= 15 is 0 Å². The van der Waals surface area contributed by atoms with Crippen LogP contribution < -0.4 is 11.1 Å². The van der Waals surface area contributed by atoms with E-state index in [9.17, 15) is 4.39 Å². The van der Waals surface area contributed by atoms with Crippen LogP contribution in [0.25, 0.3) is 0 Å². The van der Waals surface area contributed by atoms with Crippen molar-refractivity contribution in [1.29, 1.82) is 5.41 Å². The van der Waals surface area contributed by atoms with E-state index in [-0.39, 0.29) is 11.9 Å². The zero-order valence-electron chi connectivity index (χ0n) is 13.1. The summed E-state index contributed by atoms with van der Waals surface area (Å²) in [5.74, 6) is 0.592. The molecule has 1 aliphatic rings. The van der Waals surface area contributed by atoms with Gasteiger partial charge < -0.3 is 21.4 Å². The van der Waals surface area contributed by atoms with Gasteiger partial charge in [0, 0.05) is 12.3 Å². The number of para-hydroxylation sites is 1. The van der Waals surface area contributed by atoms with Gasteiger partial charge in [-0.05, 0) is 45.1 Å². The molecule has 1 aliphatic heterocycles. The summed E-state index contributed by atoms with van der Waals surface area (Å²) in [4.78, 5) is 6.63. The van der Waals surface area contributed by atoms with Crippen LogP contribution >= 0.6 is 0 Å². The van der Waals surface area contributed by atoms with Crippen LogP contribution in [0.4, 0.5) is 21.8 Å². The van der Waals surface area contributed by atoms with Crippen molar-refractivity contribution < 1.29 is 4.39 Å². The number of likely N-dealkylation sites (tertiary alicyclic amines) is 1. The minimum atomic E-state index is -0.347. The molecule has 7 heteroatoms. The van der Waals surface area contributed by atoms with E-state index in [0.717, 1.165) is 32.1 Å². The predicted octanol–water partition coefficient (Wildman–Crippen LogP) is 2.61. The second kappa shape index (κ2) is 6.37. The number of benzene rings is 1. The van der Waals surface area contributed by atoms with Gasteiger partial charge in [-0.1, -0.05) is 12.1 Å². The van der Waals surface area contributed by atoms with Crippen LogP contribution in [-0.2, 0) is 0 Å². The van der Waals surface area contributed by atoms with E-state index in [2.05, 4.69) is 22.2 Å². The Morgan fingerprint density at radius 1 is 1.35 bits per heavy atom. The number of hydrogen-bond acceptors (Lipinski definition) is 5. The maximum atomic E-state index is 13.9. The molecule has 2 heterocycles. The van der Waals surface area contributed by atoms with Crippen molar-refractivity contribution in [2.45, 2.75) is 18.9 Å². The molecule has 0 bridgehead atoms. The molecule has 122 valence electrons. The molecule has 6 nitrogen and oxygen atoms in total. The van der Waals surface area contributed by atoms with E-state index in [1.54, 1.807) is 18.2 Å². The first-order chi connectivity index (χ1) is 11.1. The normalized spacial score (nSPS) is 16.4. The van der Waals surface area contributed by atoms with E-state index in [1.807, 2.05) is 4.57 Å². The summed E-state index contributed by atoms with van der Waals surface area (Å²) in [7, 11) is 2.09. The molecule has 1 aromatic heterocycles. The largest absolute Gasteiger partial charge is 0.383 e. The Kier molecular flexibility index (Phi) is 4.29. The minimum absolute atomic E-state index is 0.196. The van der Waals surface area contributed by atoms with Crippen molar-refractivity contribution in [2.75, 3.05) is 31.2 Å². The van der Waals surface area contributed by atoms with Crippen molar-refractivity contribution in [3.63, 3.8) is 0 Å². The first-order valence-corrected chi connectivity index (χ1v) is 7.68. The van der Waals surface area contributed by atoms with Crippen LogP contribution in [0.5, 0.6) is 0 Å². The number of aromatic nitrogens is 2. The molecule has 1 saturated heterocycles. The smallest absolute Gasteiger partial charge is 0.209 e. The molecular weight excluding hydrogens is 295 g/mol. The molecule has 1 aromatic carbocycles. The molecule has 0 aliphatic carbocycles. The number of rotatable bonds is 4. The van der Waals surface area contributed by atoms with Gasteiger partial charge in [-0.15, -0.1) is 0 Å². The lowest BCUT2D eigenvalue weighted by atomic mass is 10.1. The van der Waals surface area contributed by atoms with Gasteiger partial charge in [0.25, 0.3) is 0 Å². The summed E-state index contributed by atoms with van der Waals surface area (Å²) in [6.45, 7) is 1.95. The van der Waals surface area contributed by atoms with Gasteiger partial charge in [0.1, 0.15) is 17.3 Å². The monoisotopic (exact) mass is 316 g/mol. The van der Waals surface area contributed by atoms with Gasteiger partial charge in [-0.2, -0.15) is 0 Å². The highest BCUT2D eigenvalue weighted by Gasteiger charge is 2.25. The predicted molar refractivity (Wildman–Crippen MR) is 90.0 cm³/mol. The van der Waals surface area contributed by atoms with E-state index < -0.39 is 0 Å². The highest BCUT2D eigenvalue weighted by molar-refractivity contribution is 5.83. The topological polar surface area (TPSA) is 83.0 Å². The van der Waals surface area contributed by atoms with Crippen molar-refractivity contribution >= 4 is 23.7 Å². The molecule has 0 unspecified atom stereocenters. The summed E-state index contributed by atoms with van der Waals surface area (Å²) in [5, 5.41) is 10.5. The third-order valence-electron chi connectivity index (χ3n) is 4.29. The lowest BCUT2D eigenvalue weighted by Crippen LogP contribution is -2.32. The van der Waals surface area contributed by atoms with Crippen LogP contribution in [0.2, 0.25) is 0 Å². The first-order valence-electron chi connectivity index (χ1n) is 7.68. The molecule has 0 amide bonds. The number of halogens is 1. The van der Waals surface area contributed by atoms with Gasteiger partial charge in [0.15, 0.2) is 0 Å². The minimum Gasteiger partial charge on any atom is -0.383 e. The summed E-state index contributed by atoms with van der Waals surface area (Å²) in [6, 6.07) is 6.65. The average Bonchev–Trinajstić information content (AvgIpc) is 2.86. The van der Waals surface area contributed by atoms with Crippen molar-refractivity contribution in [3.8, 4) is 0 Å². The molecular formula is C16H21FN6. The number of nitrogen functional groups attached to an aromatic ring is 1. The Morgan fingerprint density at radius 2 is 2.04 bits per heavy atom. The molecule has 2 aromatic rings. The Morgan fingerprint density at radius 3 is 2.70 bits per heavy atom. The Bertz CT molecular complexity index is 703. The number of nitrogens with one attached hydrogen (secondary N) is 2. The van der Waals surface area contributed by atoms with Crippen LogP contribution in [0.3, 0.4) is 0 Å². The quantitative estimate of drug-likeness (QED) is 0.757. The highest BCUT2D eigenvalue weighted by atomic mass is 19.1. The van der Waals surface area contributed by atoms with E-state index in [1.165, 1.54) is 6.07 Å². The summed E-state index contributed by atoms with van der Waals surface area (Å²) in [6.07, 6.45) is 3.02. The fourth-order valence-corrected chi connectivity index (χ4v) is 2.96. The van der Waals surface area contributed by atoms with Gasteiger partial charge >= 0.3 is 0 Å². The van der Waals surface area contributed by atoms with Crippen LogP contribution in [0, 0.1) is 11.2 Å². The van der Waals surface area contributed by atoms with Crippen molar-refractivity contribution in [2.24, 2.45) is 0 Å². The maximum absolute atomic E-state index is 13.9. The van der Waals surface area contributed by atoms with Crippen molar-refractivity contribution in [1.82, 2.24) is 14.5 Å². The molecule has 3 rings (SSSR count). The number of anilines is 3. The molecule has 0 spiro atoms. The lowest BCUT2D eigenvalue weighted by molar-refractivity contribution is 0.223. The average molecular weight is 316 g/mol. The molecule has 1 fully saturated rings. The number of hydrogen-bond donors (Lipinski definition) is 3. The van der Waals surface area contributed by atoms with E-state index in [4.69, 9.17) is 11.1 Å². The summed E-state index contributed by atoms with van der Waals surface area (Å²) < 4.78 is 15.8. The van der Waals surface area contributed by atoms with Gasteiger partial charge in [0.05, 0.1) is 5.69 Å². The molecule has 23 heavy (non-hydrogen) atoms. The highest BCUT2D eigenvalue weighted by Crippen LogP contribution is 2.32. The zero-order valence-corrected chi connectivity index (χ0v) is 13.1. The fraction of sp³-hybridized carbons (Fsp3) is 0.375. The van der Waals surface area contributed by atoms with Crippen molar-refractivity contribution in [3.05, 3.63) is 35.8 Å². The first kappa shape index (κ1) is 15.5. The maximum Gasteiger partial charge on any atom is 0.209 e. The van der Waals surface area contributed by atoms with Gasteiger partial charge in [-0.3, -0.25) is 4.57 Å². The fourth-order valence-electron chi connectivity index (χ4n) is 2.96. The third kappa shape index (κ3) is 3.05. The number of piperidine rings is 1. The Balaban J connectivity index is 1.96. The second-order valence-corrected chi connectivity index (χ2v) is 5.86. The lowest BCUT2D eigenvalue weighted by Gasteiger charge is -2.31. The summed E-state index contributed by atoms with van der Waals surface area (Å²) >= 11 is 0. The number of nitrogens with two attached hydrogens (primary N) is 1. The molecule has 0 radical (unpaired) electrons. The van der Waals surface area contributed by atoms with Gasteiger partial charge in [0.2, 0.25) is 5.95 Å². The van der Waals surface area contributed by atoms with Crippen LogP contribution in [-0.4, -0.2) is 40.8 Å². The van der Waals surface area contributed by atoms with Crippen LogP contribution in [0.15, 0.2) is 24.3 Å². The Labute approximate surface area is 134 Å². The Hall–Kier alpha value is -2.41. The third-order valence-corrected chi connectivity index (χ3v) is 4.29. The molecule has 0 atom stereocenters. The van der Waals surface area contributed by atoms with Crippen LogP contribution in [0.1, 0.15) is 24.6 Å². The number of imidazole rings is 1. The standard InChI is InChI=1S/C16H21FN6/c1-22-8-6-11(7-9-22)23-15(19)14(10-18)21-16(23)20-13-5-3-2-4-12(13)17/h2-5,10-11,18H,6-9,19H2,1H3,(H,20,21). The SMILES string of the molecule is CN1CCC(n2c(Nc3ccccc3F)nc(C=N)c2N)CC1. The molecule has 4 N–H and O–H groups in total. The number of nitrogens with zero attached hydrogens (tertiary/aromatic N) is 3. The van der Waals surface area contributed by atoms with E-state index in [0.29, 0.717) is 23.1 Å².